The molecule has 0 atom stereocenters. The van der Waals surface area contributed by atoms with Crippen molar-refractivity contribution in [2.45, 2.75) is 40.5 Å². The van der Waals surface area contributed by atoms with Gasteiger partial charge in [0.15, 0.2) is 0 Å². The fourth-order valence-electron chi connectivity index (χ4n) is 1.59. The lowest BCUT2D eigenvalue weighted by Crippen LogP contribution is -1.96. The first-order valence-electron chi connectivity index (χ1n) is 5.77. The Bertz CT molecular complexity index is 464. The summed E-state index contributed by atoms with van der Waals surface area (Å²) >= 11 is 0. The first-order chi connectivity index (χ1) is 7.70. The molecule has 86 valence electrons. The maximum absolute atomic E-state index is 4.29. The maximum Gasteiger partial charge on any atom is 0.138 e. The van der Waals surface area contributed by atoms with Crippen LogP contribution in [0.4, 0.5) is 0 Å². The zero-order valence-corrected chi connectivity index (χ0v) is 10.7. The van der Waals surface area contributed by atoms with Gasteiger partial charge < -0.3 is 0 Å². The van der Waals surface area contributed by atoms with Crippen LogP contribution in [0.15, 0.2) is 18.5 Å². The summed E-state index contributed by atoms with van der Waals surface area (Å²) in [6.07, 6.45) is 1.51. The Morgan fingerprint density at radius 1 is 1.06 bits per heavy atom. The second-order valence-electron chi connectivity index (χ2n) is 3.78. The van der Waals surface area contributed by atoms with Crippen LogP contribution in [-0.4, -0.2) is 15.2 Å². The lowest BCUT2D eigenvalue weighted by atomic mass is 9.99. The van der Waals surface area contributed by atoms with Gasteiger partial charge in [-0.1, -0.05) is 39.8 Å². The zero-order chi connectivity index (χ0) is 12.1. The second kappa shape index (κ2) is 5.54. The van der Waals surface area contributed by atoms with Crippen molar-refractivity contribution in [3.63, 3.8) is 0 Å². The Labute approximate surface area is 96.9 Å². The molecule has 0 fully saturated rings. The molecule has 0 amide bonds. The highest BCUT2D eigenvalue weighted by Crippen LogP contribution is 2.23. The van der Waals surface area contributed by atoms with Crippen molar-refractivity contribution in [2.24, 2.45) is 0 Å². The van der Waals surface area contributed by atoms with E-state index in [9.17, 15) is 0 Å². The second-order valence-corrected chi connectivity index (χ2v) is 3.78. The lowest BCUT2D eigenvalue weighted by Gasteiger charge is -2.08. The third kappa shape index (κ3) is 2.35. The van der Waals surface area contributed by atoms with Gasteiger partial charge in [0.1, 0.15) is 11.8 Å². The van der Waals surface area contributed by atoms with Gasteiger partial charge in [-0.15, -0.1) is 10.2 Å². The van der Waals surface area contributed by atoms with E-state index in [2.05, 4.69) is 41.2 Å². The van der Waals surface area contributed by atoms with Gasteiger partial charge in [-0.2, -0.15) is 0 Å². The van der Waals surface area contributed by atoms with Crippen molar-refractivity contribution in [3.8, 4) is 0 Å². The van der Waals surface area contributed by atoms with Crippen LogP contribution in [-0.2, 0) is 0 Å². The molecule has 16 heavy (non-hydrogen) atoms. The third-order valence-corrected chi connectivity index (χ3v) is 2.40. The number of fused-ring (bicyclic) bond motifs is 1. The van der Waals surface area contributed by atoms with Gasteiger partial charge in [-0.3, -0.25) is 0 Å². The van der Waals surface area contributed by atoms with Gasteiger partial charge in [-0.25, -0.2) is 4.98 Å². The SMILES string of the molecule is CC.Cc1ccc(C(C)C)c2ncnnc12. The number of benzene rings is 1. The Morgan fingerprint density at radius 3 is 2.38 bits per heavy atom. The predicted octanol–water partition coefficient (Wildman–Crippen LogP) is 3.48. The molecule has 1 heterocycles. The molecule has 1 aromatic heterocycles. The van der Waals surface area contributed by atoms with Crippen LogP contribution in [0.1, 0.15) is 44.7 Å². The summed E-state index contributed by atoms with van der Waals surface area (Å²) in [6.45, 7) is 10.3. The summed E-state index contributed by atoms with van der Waals surface area (Å²) < 4.78 is 0. The molecule has 0 radical (unpaired) electrons. The summed E-state index contributed by atoms with van der Waals surface area (Å²) in [5.74, 6) is 0.467. The van der Waals surface area contributed by atoms with Crippen LogP contribution in [0.5, 0.6) is 0 Å². The Kier molecular flexibility index (Phi) is 4.35. The molecule has 0 aliphatic rings. The van der Waals surface area contributed by atoms with Crippen LogP contribution in [0, 0.1) is 6.92 Å². The van der Waals surface area contributed by atoms with Crippen LogP contribution < -0.4 is 0 Å². The van der Waals surface area contributed by atoms with Crippen molar-refractivity contribution < 1.29 is 0 Å². The van der Waals surface area contributed by atoms with Crippen molar-refractivity contribution >= 4 is 11.0 Å². The first kappa shape index (κ1) is 12.6. The molecule has 0 aliphatic heterocycles. The smallest absolute Gasteiger partial charge is 0.138 e. The van der Waals surface area contributed by atoms with E-state index in [0.29, 0.717) is 5.92 Å². The summed E-state index contributed by atoms with van der Waals surface area (Å²) in [7, 11) is 0. The summed E-state index contributed by atoms with van der Waals surface area (Å²) in [6, 6.07) is 4.20. The quantitative estimate of drug-likeness (QED) is 0.734. The maximum atomic E-state index is 4.29. The minimum absolute atomic E-state index is 0.467. The van der Waals surface area contributed by atoms with Crippen molar-refractivity contribution in [3.05, 3.63) is 29.6 Å². The summed E-state index contributed by atoms with van der Waals surface area (Å²) in [5.41, 5.74) is 4.26. The van der Waals surface area contributed by atoms with Crippen molar-refractivity contribution in [1.82, 2.24) is 15.2 Å². The van der Waals surface area contributed by atoms with E-state index >= 15 is 0 Å². The fraction of sp³-hybridized carbons (Fsp3) is 0.462. The molecule has 1 aromatic carbocycles. The molecular weight excluding hydrogens is 198 g/mol. The average molecular weight is 217 g/mol. The molecule has 3 nitrogen and oxygen atoms in total. The molecule has 3 heteroatoms. The van der Waals surface area contributed by atoms with Crippen LogP contribution in [0.3, 0.4) is 0 Å². The average Bonchev–Trinajstić information content (AvgIpc) is 2.32. The van der Waals surface area contributed by atoms with Gasteiger partial charge in [0, 0.05) is 0 Å². The largest absolute Gasteiger partial charge is 0.232 e. The highest BCUT2D eigenvalue weighted by atomic mass is 15.1. The van der Waals surface area contributed by atoms with E-state index in [1.807, 2.05) is 20.8 Å². The number of rotatable bonds is 1. The molecule has 0 saturated carbocycles. The van der Waals surface area contributed by atoms with E-state index in [4.69, 9.17) is 0 Å². The van der Waals surface area contributed by atoms with E-state index in [1.165, 1.54) is 11.9 Å². The number of aromatic nitrogens is 3. The molecular formula is C13H19N3. The van der Waals surface area contributed by atoms with Crippen molar-refractivity contribution in [2.75, 3.05) is 0 Å². The van der Waals surface area contributed by atoms with E-state index in [0.717, 1.165) is 16.6 Å². The number of nitrogens with zero attached hydrogens (tertiary/aromatic N) is 3. The van der Waals surface area contributed by atoms with E-state index in [1.54, 1.807) is 0 Å². The van der Waals surface area contributed by atoms with Crippen LogP contribution in [0.2, 0.25) is 0 Å². The van der Waals surface area contributed by atoms with Gasteiger partial charge in [-0.05, 0) is 24.0 Å². The predicted molar refractivity (Wildman–Crippen MR) is 67.5 cm³/mol. The number of aryl methyl sites for hydroxylation is 1. The molecule has 0 spiro atoms. The normalized spacial score (nSPS) is 10.1. The standard InChI is InChI=1S/C11H13N3.C2H6/c1-7(2)9-5-4-8(3)10-11(9)12-6-13-14-10;1-2/h4-7H,1-3H3;1-2H3. The molecule has 0 aliphatic carbocycles. The van der Waals surface area contributed by atoms with E-state index in [-0.39, 0.29) is 0 Å². The van der Waals surface area contributed by atoms with Crippen LogP contribution in [0.25, 0.3) is 11.0 Å². The molecule has 0 bridgehead atoms. The van der Waals surface area contributed by atoms with Gasteiger partial charge in [0.2, 0.25) is 0 Å². The zero-order valence-electron chi connectivity index (χ0n) is 10.7. The topological polar surface area (TPSA) is 38.7 Å². The van der Waals surface area contributed by atoms with Crippen molar-refractivity contribution in [1.29, 1.82) is 0 Å². The summed E-state index contributed by atoms with van der Waals surface area (Å²) in [4.78, 5) is 4.29. The highest BCUT2D eigenvalue weighted by molar-refractivity contribution is 5.80. The fourth-order valence-corrected chi connectivity index (χ4v) is 1.59. The monoisotopic (exact) mass is 217 g/mol. The Hall–Kier alpha value is -1.51. The van der Waals surface area contributed by atoms with Gasteiger partial charge in [0.25, 0.3) is 0 Å². The lowest BCUT2D eigenvalue weighted by molar-refractivity contribution is 0.867. The van der Waals surface area contributed by atoms with E-state index < -0.39 is 0 Å². The minimum Gasteiger partial charge on any atom is -0.232 e. The molecule has 2 rings (SSSR count). The summed E-state index contributed by atoms with van der Waals surface area (Å²) in [5, 5.41) is 7.92. The number of hydrogen-bond donors (Lipinski definition) is 0. The Morgan fingerprint density at radius 2 is 1.75 bits per heavy atom. The number of hydrogen-bond acceptors (Lipinski definition) is 3. The molecule has 0 saturated heterocycles. The molecule has 2 aromatic rings. The molecule has 0 unspecified atom stereocenters. The Balaban J connectivity index is 0.000000606. The highest BCUT2D eigenvalue weighted by Gasteiger charge is 2.08. The van der Waals surface area contributed by atoms with Crippen LogP contribution >= 0.6 is 0 Å². The van der Waals surface area contributed by atoms with Gasteiger partial charge >= 0.3 is 0 Å². The molecule has 0 N–H and O–H groups in total. The first-order valence-corrected chi connectivity index (χ1v) is 5.77. The van der Waals surface area contributed by atoms with Gasteiger partial charge in [0.05, 0.1) is 5.52 Å². The minimum atomic E-state index is 0.467. The third-order valence-electron chi connectivity index (χ3n) is 2.40.